The molecule has 0 saturated heterocycles. The standard InChI is InChI=1S/C22H22ClNO3S/c1-22(2,3)21(26)27-19-14-5-4-13(10-14)18(25)17(19)16-11-28-20(24-16)12-6-8-15(23)9-7-12/h6-9,11,13-14H,4-5,10H2,1-3H3/t13-,14+/m0/s1. The summed E-state index contributed by atoms with van der Waals surface area (Å²) in [6.07, 6.45) is 2.49. The van der Waals surface area contributed by atoms with Gasteiger partial charge in [-0.3, -0.25) is 9.59 Å². The molecule has 1 saturated carbocycles. The van der Waals surface area contributed by atoms with Gasteiger partial charge in [0.15, 0.2) is 5.78 Å². The van der Waals surface area contributed by atoms with E-state index in [-0.39, 0.29) is 23.6 Å². The van der Waals surface area contributed by atoms with Gasteiger partial charge in [0.2, 0.25) is 0 Å². The molecule has 2 aromatic rings. The van der Waals surface area contributed by atoms with E-state index in [2.05, 4.69) is 0 Å². The molecule has 4 nitrogen and oxygen atoms in total. The van der Waals surface area contributed by atoms with Gasteiger partial charge >= 0.3 is 5.97 Å². The molecule has 0 aliphatic heterocycles. The van der Waals surface area contributed by atoms with E-state index >= 15 is 0 Å². The quantitative estimate of drug-likeness (QED) is 0.597. The summed E-state index contributed by atoms with van der Waals surface area (Å²) in [5.41, 5.74) is 1.41. The van der Waals surface area contributed by atoms with Crippen LogP contribution in [0.4, 0.5) is 0 Å². The fraction of sp³-hybridized carbons (Fsp3) is 0.409. The lowest BCUT2D eigenvalue weighted by Crippen LogP contribution is -2.28. The van der Waals surface area contributed by atoms with Crippen molar-refractivity contribution in [3.8, 4) is 10.6 Å². The molecule has 0 amide bonds. The first kappa shape index (κ1) is 19.3. The van der Waals surface area contributed by atoms with Crippen LogP contribution in [0.3, 0.4) is 0 Å². The van der Waals surface area contributed by atoms with Crippen LogP contribution in [0.5, 0.6) is 0 Å². The summed E-state index contributed by atoms with van der Waals surface area (Å²) in [5, 5.41) is 3.36. The van der Waals surface area contributed by atoms with E-state index in [1.165, 1.54) is 11.3 Å². The number of halogens is 1. The summed E-state index contributed by atoms with van der Waals surface area (Å²) in [6, 6.07) is 7.46. The molecule has 6 heteroatoms. The van der Waals surface area contributed by atoms with E-state index in [0.29, 0.717) is 22.0 Å². The third-order valence-corrected chi connectivity index (χ3v) is 6.48. The van der Waals surface area contributed by atoms with E-state index in [9.17, 15) is 9.59 Å². The molecule has 1 heterocycles. The van der Waals surface area contributed by atoms with Gasteiger partial charge in [0.05, 0.1) is 16.7 Å². The fourth-order valence-electron chi connectivity index (χ4n) is 3.74. The van der Waals surface area contributed by atoms with Crippen molar-refractivity contribution in [3.05, 3.63) is 46.1 Å². The molecule has 2 aliphatic rings. The number of hydrogen-bond acceptors (Lipinski definition) is 5. The van der Waals surface area contributed by atoms with Crippen LogP contribution in [0.2, 0.25) is 5.02 Å². The number of carbonyl (C=O) groups excluding carboxylic acids is 2. The Balaban J connectivity index is 1.75. The maximum Gasteiger partial charge on any atom is 0.316 e. The Kier molecular flexibility index (Phi) is 4.92. The number of hydrogen-bond donors (Lipinski definition) is 0. The Morgan fingerprint density at radius 3 is 2.54 bits per heavy atom. The second-order valence-electron chi connectivity index (χ2n) is 8.49. The first-order chi connectivity index (χ1) is 13.2. The summed E-state index contributed by atoms with van der Waals surface area (Å²) in [5.74, 6) is 0.388. The lowest BCUT2D eigenvalue weighted by atomic mass is 9.85. The largest absolute Gasteiger partial charge is 0.430 e. The predicted octanol–water partition coefficient (Wildman–Crippen LogP) is 5.76. The van der Waals surface area contributed by atoms with Gasteiger partial charge in [0, 0.05) is 27.8 Å². The minimum absolute atomic E-state index is 0.0118. The van der Waals surface area contributed by atoms with Crippen molar-refractivity contribution in [2.75, 3.05) is 0 Å². The highest BCUT2D eigenvalue weighted by Gasteiger charge is 2.44. The van der Waals surface area contributed by atoms with Crippen LogP contribution < -0.4 is 0 Å². The maximum absolute atomic E-state index is 13.1. The number of rotatable bonds is 3. The third kappa shape index (κ3) is 3.53. The summed E-state index contributed by atoms with van der Waals surface area (Å²) < 4.78 is 5.82. The van der Waals surface area contributed by atoms with Gasteiger partial charge in [-0.1, -0.05) is 23.7 Å². The van der Waals surface area contributed by atoms with Gasteiger partial charge in [0.1, 0.15) is 10.8 Å². The molecule has 2 aliphatic carbocycles. The Bertz CT molecular complexity index is 968. The number of ether oxygens (including phenoxy) is 1. The number of Topliss-reactive ketones (excluding diaryl/α,β-unsaturated/α-hetero) is 1. The summed E-state index contributed by atoms with van der Waals surface area (Å²) in [6.45, 7) is 5.46. The number of fused-ring (bicyclic) bond motifs is 2. The number of ketones is 1. The van der Waals surface area contributed by atoms with Crippen molar-refractivity contribution < 1.29 is 14.3 Å². The van der Waals surface area contributed by atoms with E-state index in [1.54, 1.807) is 0 Å². The zero-order valence-corrected chi connectivity index (χ0v) is 17.7. The van der Waals surface area contributed by atoms with Crippen molar-refractivity contribution in [3.63, 3.8) is 0 Å². The number of allylic oxidation sites excluding steroid dienone is 2. The molecule has 28 heavy (non-hydrogen) atoms. The monoisotopic (exact) mass is 415 g/mol. The second-order valence-corrected chi connectivity index (χ2v) is 9.79. The van der Waals surface area contributed by atoms with Crippen molar-refractivity contribution in [2.45, 2.75) is 40.0 Å². The SMILES string of the molecule is CC(C)(C)C(=O)OC1=C(c2csc(-c3ccc(Cl)cc3)n2)C(=O)[C@H]2CC[C@@H]1C2. The number of nitrogens with zero attached hydrogens (tertiary/aromatic N) is 1. The fourth-order valence-corrected chi connectivity index (χ4v) is 4.68. The average Bonchev–Trinajstić information content (AvgIpc) is 3.28. The van der Waals surface area contributed by atoms with E-state index in [1.807, 2.05) is 50.4 Å². The molecular weight excluding hydrogens is 394 g/mol. The van der Waals surface area contributed by atoms with Gasteiger partial charge in [-0.05, 0) is 52.2 Å². The molecule has 0 N–H and O–H groups in total. The van der Waals surface area contributed by atoms with Crippen molar-refractivity contribution in [2.24, 2.45) is 17.3 Å². The van der Waals surface area contributed by atoms with Gasteiger partial charge in [-0.15, -0.1) is 11.3 Å². The Morgan fingerprint density at radius 2 is 1.86 bits per heavy atom. The molecule has 2 bridgehead atoms. The maximum atomic E-state index is 13.1. The van der Waals surface area contributed by atoms with Crippen LogP contribution in [0.25, 0.3) is 16.1 Å². The van der Waals surface area contributed by atoms with Crippen molar-refractivity contribution in [1.29, 1.82) is 0 Å². The molecule has 1 aromatic heterocycles. The molecule has 4 rings (SSSR count). The Morgan fingerprint density at radius 1 is 1.18 bits per heavy atom. The summed E-state index contributed by atoms with van der Waals surface area (Å²) >= 11 is 7.44. The van der Waals surface area contributed by atoms with E-state index < -0.39 is 5.41 Å². The zero-order valence-electron chi connectivity index (χ0n) is 16.1. The summed E-state index contributed by atoms with van der Waals surface area (Å²) in [7, 11) is 0. The van der Waals surface area contributed by atoms with Crippen LogP contribution in [0, 0.1) is 17.3 Å². The van der Waals surface area contributed by atoms with E-state index in [0.717, 1.165) is 29.8 Å². The predicted molar refractivity (Wildman–Crippen MR) is 111 cm³/mol. The van der Waals surface area contributed by atoms with Crippen LogP contribution in [0.1, 0.15) is 45.7 Å². The van der Waals surface area contributed by atoms with Crippen LogP contribution in [-0.4, -0.2) is 16.7 Å². The normalized spacial score (nSPS) is 21.9. The zero-order chi connectivity index (χ0) is 20.1. The average molecular weight is 416 g/mol. The molecule has 0 spiro atoms. The molecular formula is C22H22ClNO3S. The minimum atomic E-state index is -0.632. The van der Waals surface area contributed by atoms with Crippen LogP contribution in [-0.2, 0) is 14.3 Å². The first-order valence-corrected chi connectivity index (χ1v) is 10.7. The first-order valence-electron chi connectivity index (χ1n) is 9.46. The molecule has 0 unspecified atom stereocenters. The van der Waals surface area contributed by atoms with Gasteiger partial charge in [-0.2, -0.15) is 0 Å². The van der Waals surface area contributed by atoms with Crippen LogP contribution >= 0.6 is 22.9 Å². The minimum Gasteiger partial charge on any atom is -0.430 e. The molecule has 0 radical (unpaired) electrons. The highest BCUT2D eigenvalue weighted by Crippen LogP contribution is 2.47. The highest BCUT2D eigenvalue weighted by atomic mass is 35.5. The number of aromatic nitrogens is 1. The van der Waals surface area contributed by atoms with Crippen LogP contribution in [0.15, 0.2) is 35.4 Å². The molecule has 1 aromatic carbocycles. The van der Waals surface area contributed by atoms with Crippen molar-refractivity contribution in [1.82, 2.24) is 4.98 Å². The number of carbonyl (C=O) groups is 2. The number of benzene rings is 1. The highest BCUT2D eigenvalue weighted by molar-refractivity contribution is 7.13. The topological polar surface area (TPSA) is 56.3 Å². The Hall–Kier alpha value is -1.98. The lowest BCUT2D eigenvalue weighted by Gasteiger charge is -2.26. The summed E-state index contributed by atoms with van der Waals surface area (Å²) in [4.78, 5) is 30.4. The lowest BCUT2D eigenvalue weighted by molar-refractivity contribution is -0.149. The van der Waals surface area contributed by atoms with Gasteiger partial charge in [-0.25, -0.2) is 4.98 Å². The number of thiazole rings is 1. The number of esters is 1. The van der Waals surface area contributed by atoms with Crippen molar-refractivity contribution >= 4 is 40.3 Å². The van der Waals surface area contributed by atoms with E-state index in [4.69, 9.17) is 21.3 Å². The second kappa shape index (κ2) is 7.12. The smallest absolute Gasteiger partial charge is 0.316 e. The Labute approximate surface area is 173 Å². The molecule has 1 fully saturated rings. The molecule has 146 valence electrons. The third-order valence-electron chi connectivity index (χ3n) is 5.33. The van der Waals surface area contributed by atoms with Gasteiger partial charge < -0.3 is 4.74 Å². The molecule has 2 atom stereocenters. The van der Waals surface area contributed by atoms with Gasteiger partial charge in [0.25, 0.3) is 0 Å².